The van der Waals surface area contributed by atoms with Gasteiger partial charge in [0.05, 0.1) is 14.2 Å². The minimum absolute atomic E-state index is 0.102. The van der Waals surface area contributed by atoms with Gasteiger partial charge in [0.15, 0.2) is 0 Å². The predicted octanol–water partition coefficient (Wildman–Crippen LogP) is 2.63. The number of amides is 2. The summed E-state index contributed by atoms with van der Waals surface area (Å²) in [7, 11) is 4.76. The molecule has 6 nitrogen and oxygen atoms in total. The second-order valence-electron chi connectivity index (χ2n) is 5.43. The molecule has 25 heavy (non-hydrogen) atoms. The van der Waals surface area contributed by atoms with Crippen molar-refractivity contribution >= 4 is 17.5 Å². The number of hydrogen-bond acceptors (Lipinski definition) is 4. The molecule has 0 spiro atoms. The molecule has 2 rings (SSSR count). The van der Waals surface area contributed by atoms with Crippen molar-refractivity contribution in [2.24, 2.45) is 0 Å². The summed E-state index contributed by atoms with van der Waals surface area (Å²) >= 11 is 0. The fourth-order valence-electron chi connectivity index (χ4n) is 2.34. The molecule has 0 aliphatic carbocycles. The van der Waals surface area contributed by atoms with Crippen LogP contribution in [0.5, 0.6) is 11.5 Å². The van der Waals surface area contributed by atoms with E-state index >= 15 is 0 Å². The third-order valence-electron chi connectivity index (χ3n) is 3.71. The maximum atomic E-state index is 12.1. The number of carbonyl (C=O) groups is 2. The highest BCUT2D eigenvalue weighted by molar-refractivity contribution is 5.95. The van der Waals surface area contributed by atoms with E-state index in [1.807, 2.05) is 12.1 Å². The molecular weight excluding hydrogens is 320 g/mol. The second kappa shape index (κ2) is 8.73. The Hall–Kier alpha value is -3.02. The summed E-state index contributed by atoms with van der Waals surface area (Å²) in [6.45, 7) is 0. The van der Waals surface area contributed by atoms with Crippen LogP contribution in [-0.2, 0) is 11.2 Å². The zero-order valence-corrected chi connectivity index (χ0v) is 14.6. The highest BCUT2D eigenvalue weighted by Crippen LogP contribution is 2.23. The molecule has 0 saturated heterocycles. The van der Waals surface area contributed by atoms with E-state index < -0.39 is 0 Å². The van der Waals surface area contributed by atoms with Crippen LogP contribution in [0, 0.1) is 0 Å². The molecule has 0 heterocycles. The standard InChI is InChI=1S/C19H22N2O4/c1-20-19(23)14-5-7-15(8-6-14)21-18(22)9-4-13-10-16(24-2)12-17(11-13)25-3/h5-8,10-12H,4,9H2,1-3H3,(H,20,23)(H,21,22). The summed E-state index contributed by atoms with van der Waals surface area (Å²) in [6, 6.07) is 12.3. The van der Waals surface area contributed by atoms with E-state index in [1.165, 1.54) is 0 Å². The van der Waals surface area contributed by atoms with Gasteiger partial charge in [-0.25, -0.2) is 0 Å². The number of methoxy groups -OCH3 is 2. The molecule has 0 aliphatic rings. The average Bonchev–Trinajstić information content (AvgIpc) is 2.66. The molecular formula is C19H22N2O4. The first-order valence-electron chi connectivity index (χ1n) is 7.89. The molecule has 0 saturated carbocycles. The van der Waals surface area contributed by atoms with Crippen molar-refractivity contribution in [2.75, 3.05) is 26.6 Å². The van der Waals surface area contributed by atoms with Gasteiger partial charge in [-0.3, -0.25) is 9.59 Å². The van der Waals surface area contributed by atoms with Gasteiger partial charge in [0.25, 0.3) is 5.91 Å². The Morgan fingerprint density at radius 2 is 1.56 bits per heavy atom. The topological polar surface area (TPSA) is 76.7 Å². The van der Waals surface area contributed by atoms with Crippen molar-refractivity contribution in [2.45, 2.75) is 12.8 Å². The lowest BCUT2D eigenvalue weighted by molar-refractivity contribution is -0.116. The summed E-state index contributed by atoms with van der Waals surface area (Å²) in [6.07, 6.45) is 0.892. The van der Waals surface area contributed by atoms with Gasteiger partial charge in [-0.05, 0) is 48.4 Å². The van der Waals surface area contributed by atoms with Crippen LogP contribution in [0.15, 0.2) is 42.5 Å². The van der Waals surface area contributed by atoms with E-state index in [0.717, 1.165) is 5.56 Å². The van der Waals surface area contributed by atoms with Crippen LogP contribution in [0.25, 0.3) is 0 Å². The molecule has 0 radical (unpaired) electrons. The summed E-state index contributed by atoms with van der Waals surface area (Å²) < 4.78 is 10.5. The lowest BCUT2D eigenvalue weighted by Crippen LogP contribution is -2.18. The molecule has 0 atom stereocenters. The summed E-state index contributed by atoms with van der Waals surface area (Å²) in [4.78, 5) is 23.6. The Kier molecular flexibility index (Phi) is 6.39. The summed E-state index contributed by atoms with van der Waals surface area (Å²) in [5, 5.41) is 5.37. The van der Waals surface area contributed by atoms with Crippen LogP contribution >= 0.6 is 0 Å². The molecule has 0 aromatic heterocycles. The molecule has 2 amide bonds. The predicted molar refractivity (Wildman–Crippen MR) is 96.3 cm³/mol. The van der Waals surface area contributed by atoms with E-state index in [0.29, 0.717) is 35.6 Å². The van der Waals surface area contributed by atoms with Crippen molar-refractivity contribution in [1.82, 2.24) is 5.32 Å². The number of rotatable bonds is 7. The first-order chi connectivity index (χ1) is 12.0. The van der Waals surface area contributed by atoms with Crippen molar-refractivity contribution < 1.29 is 19.1 Å². The largest absolute Gasteiger partial charge is 0.497 e. The Morgan fingerprint density at radius 3 is 2.08 bits per heavy atom. The van der Waals surface area contributed by atoms with Gasteiger partial charge in [-0.1, -0.05) is 0 Å². The van der Waals surface area contributed by atoms with Gasteiger partial charge in [-0.2, -0.15) is 0 Å². The van der Waals surface area contributed by atoms with E-state index in [1.54, 1.807) is 51.6 Å². The molecule has 0 unspecified atom stereocenters. The van der Waals surface area contributed by atoms with Crippen molar-refractivity contribution in [3.05, 3.63) is 53.6 Å². The minimum atomic E-state index is -0.162. The number of anilines is 1. The molecule has 0 aliphatic heterocycles. The number of carbonyl (C=O) groups excluding carboxylic acids is 2. The molecule has 6 heteroatoms. The minimum Gasteiger partial charge on any atom is -0.497 e. The lowest BCUT2D eigenvalue weighted by Gasteiger charge is -2.09. The fourth-order valence-corrected chi connectivity index (χ4v) is 2.34. The second-order valence-corrected chi connectivity index (χ2v) is 5.43. The van der Waals surface area contributed by atoms with E-state index in [-0.39, 0.29) is 11.8 Å². The number of hydrogen-bond donors (Lipinski definition) is 2. The molecule has 2 aromatic rings. The van der Waals surface area contributed by atoms with E-state index in [2.05, 4.69) is 10.6 Å². The van der Waals surface area contributed by atoms with Gasteiger partial charge in [0.1, 0.15) is 11.5 Å². The lowest BCUT2D eigenvalue weighted by atomic mass is 10.1. The van der Waals surface area contributed by atoms with E-state index in [9.17, 15) is 9.59 Å². The molecule has 2 aromatic carbocycles. The SMILES string of the molecule is CNC(=O)c1ccc(NC(=O)CCc2cc(OC)cc(OC)c2)cc1. The van der Waals surface area contributed by atoms with E-state index in [4.69, 9.17) is 9.47 Å². The number of nitrogens with one attached hydrogen (secondary N) is 2. The van der Waals surface area contributed by atoms with Gasteiger partial charge in [0, 0.05) is 30.8 Å². The third-order valence-corrected chi connectivity index (χ3v) is 3.71. The van der Waals surface area contributed by atoms with Gasteiger partial charge in [0.2, 0.25) is 5.91 Å². The maximum absolute atomic E-state index is 12.1. The van der Waals surface area contributed by atoms with Crippen molar-refractivity contribution in [3.8, 4) is 11.5 Å². The monoisotopic (exact) mass is 342 g/mol. The third kappa shape index (κ3) is 5.24. The van der Waals surface area contributed by atoms with Crippen LogP contribution in [0.1, 0.15) is 22.3 Å². The highest BCUT2D eigenvalue weighted by atomic mass is 16.5. The van der Waals surface area contributed by atoms with Crippen molar-refractivity contribution in [3.63, 3.8) is 0 Å². The van der Waals surface area contributed by atoms with Crippen LogP contribution in [0.3, 0.4) is 0 Å². The molecule has 2 N–H and O–H groups in total. The number of aryl methyl sites for hydroxylation is 1. The van der Waals surface area contributed by atoms with Gasteiger partial charge < -0.3 is 20.1 Å². The summed E-state index contributed by atoms with van der Waals surface area (Å²) in [5.41, 5.74) is 2.16. The summed E-state index contributed by atoms with van der Waals surface area (Å²) in [5.74, 6) is 1.12. The smallest absolute Gasteiger partial charge is 0.251 e. The highest BCUT2D eigenvalue weighted by Gasteiger charge is 2.07. The molecule has 0 fully saturated rings. The number of ether oxygens (including phenoxy) is 2. The average molecular weight is 342 g/mol. The quantitative estimate of drug-likeness (QED) is 0.811. The zero-order chi connectivity index (χ0) is 18.2. The van der Waals surface area contributed by atoms with Crippen LogP contribution < -0.4 is 20.1 Å². The fraction of sp³-hybridized carbons (Fsp3) is 0.263. The van der Waals surface area contributed by atoms with Gasteiger partial charge in [-0.15, -0.1) is 0 Å². The normalized spacial score (nSPS) is 10.0. The Balaban J connectivity index is 1.93. The van der Waals surface area contributed by atoms with Crippen LogP contribution in [0.2, 0.25) is 0 Å². The van der Waals surface area contributed by atoms with Crippen LogP contribution in [-0.4, -0.2) is 33.1 Å². The maximum Gasteiger partial charge on any atom is 0.251 e. The van der Waals surface area contributed by atoms with Gasteiger partial charge >= 0.3 is 0 Å². The first-order valence-corrected chi connectivity index (χ1v) is 7.89. The Labute approximate surface area is 147 Å². The molecule has 132 valence electrons. The number of benzene rings is 2. The Bertz CT molecular complexity index is 719. The molecule has 0 bridgehead atoms. The van der Waals surface area contributed by atoms with Crippen molar-refractivity contribution in [1.29, 1.82) is 0 Å². The Morgan fingerprint density at radius 1 is 0.960 bits per heavy atom. The van der Waals surface area contributed by atoms with Crippen LogP contribution in [0.4, 0.5) is 5.69 Å². The zero-order valence-electron chi connectivity index (χ0n) is 14.6. The first kappa shape index (κ1) is 18.3.